The van der Waals surface area contributed by atoms with Gasteiger partial charge in [0.2, 0.25) is 0 Å². The highest BCUT2D eigenvalue weighted by atomic mass is 16.5. The molecular formula is C21H27N3O5. The van der Waals surface area contributed by atoms with E-state index in [-0.39, 0.29) is 24.3 Å². The number of ether oxygens (including phenoxy) is 3. The van der Waals surface area contributed by atoms with Crippen LogP contribution in [0.5, 0.6) is 0 Å². The van der Waals surface area contributed by atoms with E-state index < -0.39 is 5.97 Å². The maximum absolute atomic E-state index is 12.4. The van der Waals surface area contributed by atoms with Crippen molar-refractivity contribution in [3.05, 3.63) is 47.8 Å². The van der Waals surface area contributed by atoms with Gasteiger partial charge in [-0.15, -0.1) is 0 Å². The van der Waals surface area contributed by atoms with Gasteiger partial charge in [0.25, 0.3) is 0 Å². The van der Waals surface area contributed by atoms with Crippen molar-refractivity contribution >= 4 is 17.6 Å². The van der Waals surface area contributed by atoms with Crippen LogP contribution < -0.4 is 4.90 Å². The molecule has 1 saturated heterocycles. The topological polar surface area (TPSA) is 82.9 Å². The quantitative estimate of drug-likeness (QED) is 0.629. The summed E-state index contributed by atoms with van der Waals surface area (Å²) < 4.78 is 17.2. The van der Waals surface area contributed by atoms with Crippen molar-refractivity contribution in [2.75, 3.05) is 32.3 Å². The standard InChI is InChI=1S/C21H27N3O5/c1-27-19(25)11-12-23(14-16-8-4-3-5-9-16)17-15-24(18-10-6-7-13-29-18)22-20(17)21(26)28-2/h3-5,8-9,15,18H,6-7,10-14H2,1-2H3. The third-order valence-electron chi connectivity index (χ3n) is 4.91. The summed E-state index contributed by atoms with van der Waals surface area (Å²) in [5.74, 6) is -0.837. The van der Waals surface area contributed by atoms with Gasteiger partial charge in [0.05, 0.1) is 32.5 Å². The number of benzene rings is 1. The Hall–Kier alpha value is -2.87. The Bertz CT molecular complexity index is 815. The minimum Gasteiger partial charge on any atom is -0.469 e. The molecule has 1 aliphatic heterocycles. The summed E-state index contributed by atoms with van der Waals surface area (Å²) in [7, 11) is 2.69. The number of nitrogens with zero attached hydrogens (tertiary/aromatic N) is 3. The number of anilines is 1. The lowest BCUT2D eigenvalue weighted by Gasteiger charge is -2.24. The Kier molecular flexibility index (Phi) is 7.24. The van der Waals surface area contributed by atoms with E-state index in [1.54, 1.807) is 4.68 Å². The second-order valence-electron chi connectivity index (χ2n) is 6.89. The SMILES string of the molecule is COC(=O)CCN(Cc1ccccc1)c1cn(C2CCCCO2)nc1C(=O)OC. The van der Waals surface area contributed by atoms with Crippen LogP contribution in [-0.2, 0) is 25.5 Å². The zero-order chi connectivity index (χ0) is 20.6. The number of esters is 2. The zero-order valence-electron chi connectivity index (χ0n) is 16.9. The van der Waals surface area contributed by atoms with Gasteiger partial charge < -0.3 is 19.1 Å². The molecule has 1 aromatic carbocycles. The molecule has 156 valence electrons. The summed E-state index contributed by atoms with van der Waals surface area (Å²) in [6.07, 6.45) is 4.69. The lowest BCUT2D eigenvalue weighted by atomic mass is 10.2. The average Bonchev–Trinajstić information content (AvgIpc) is 3.22. The predicted octanol–water partition coefficient (Wildman–Crippen LogP) is 2.94. The van der Waals surface area contributed by atoms with Crippen molar-refractivity contribution in [3.8, 4) is 0 Å². The third-order valence-corrected chi connectivity index (χ3v) is 4.91. The third kappa shape index (κ3) is 5.35. The van der Waals surface area contributed by atoms with Crippen molar-refractivity contribution < 1.29 is 23.8 Å². The van der Waals surface area contributed by atoms with E-state index >= 15 is 0 Å². The zero-order valence-corrected chi connectivity index (χ0v) is 16.9. The smallest absolute Gasteiger partial charge is 0.360 e. The average molecular weight is 401 g/mol. The van der Waals surface area contributed by atoms with Crippen LogP contribution >= 0.6 is 0 Å². The maximum Gasteiger partial charge on any atom is 0.360 e. The van der Waals surface area contributed by atoms with Gasteiger partial charge in [0, 0.05) is 19.7 Å². The molecule has 29 heavy (non-hydrogen) atoms. The molecule has 0 N–H and O–H groups in total. The van der Waals surface area contributed by atoms with Gasteiger partial charge in [-0.1, -0.05) is 30.3 Å². The molecule has 0 spiro atoms. The van der Waals surface area contributed by atoms with Gasteiger partial charge in [0.1, 0.15) is 6.23 Å². The molecule has 1 unspecified atom stereocenters. The number of carbonyl (C=O) groups excluding carboxylic acids is 2. The maximum atomic E-state index is 12.4. The first-order chi connectivity index (χ1) is 14.1. The minimum atomic E-state index is -0.523. The highest BCUT2D eigenvalue weighted by molar-refractivity contribution is 5.93. The fraction of sp³-hybridized carbons (Fsp3) is 0.476. The Balaban J connectivity index is 1.93. The molecule has 8 heteroatoms. The Morgan fingerprint density at radius 2 is 2.00 bits per heavy atom. The largest absolute Gasteiger partial charge is 0.469 e. The van der Waals surface area contributed by atoms with Crippen LogP contribution in [0.15, 0.2) is 36.5 Å². The number of rotatable bonds is 8. The summed E-state index contributed by atoms with van der Waals surface area (Å²) in [5, 5.41) is 4.47. The van der Waals surface area contributed by atoms with Crippen LogP contribution in [0, 0.1) is 0 Å². The Morgan fingerprint density at radius 1 is 1.21 bits per heavy atom. The van der Waals surface area contributed by atoms with Gasteiger partial charge in [-0.25, -0.2) is 9.48 Å². The number of carbonyl (C=O) groups is 2. The van der Waals surface area contributed by atoms with Crippen molar-refractivity contribution in [1.29, 1.82) is 0 Å². The molecule has 1 aromatic heterocycles. The van der Waals surface area contributed by atoms with Crippen molar-refractivity contribution in [3.63, 3.8) is 0 Å². The molecule has 3 rings (SSSR count). The van der Waals surface area contributed by atoms with Gasteiger partial charge in [-0.2, -0.15) is 5.10 Å². The second-order valence-corrected chi connectivity index (χ2v) is 6.89. The van der Waals surface area contributed by atoms with E-state index in [2.05, 4.69) is 5.10 Å². The van der Waals surface area contributed by atoms with Crippen LogP contribution in [0.2, 0.25) is 0 Å². The molecule has 0 saturated carbocycles. The van der Waals surface area contributed by atoms with E-state index in [1.807, 2.05) is 41.4 Å². The molecule has 1 aliphatic rings. The molecule has 1 fully saturated rings. The highest BCUT2D eigenvalue weighted by Crippen LogP contribution is 2.28. The molecule has 0 bridgehead atoms. The van der Waals surface area contributed by atoms with Gasteiger partial charge in [0.15, 0.2) is 5.69 Å². The van der Waals surface area contributed by atoms with E-state index in [0.717, 1.165) is 24.8 Å². The van der Waals surface area contributed by atoms with Crippen LogP contribution in [0.1, 0.15) is 48.0 Å². The minimum absolute atomic E-state index is 0.190. The van der Waals surface area contributed by atoms with Crippen LogP contribution in [0.3, 0.4) is 0 Å². The fourth-order valence-corrected chi connectivity index (χ4v) is 3.35. The van der Waals surface area contributed by atoms with Crippen LogP contribution in [0.4, 0.5) is 5.69 Å². The summed E-state index contributed by atoms with van der Waals surface area (Å²) in [6.45, 7) is 1.56. The molecular weight excluding hydrogens is 374 g/mol. The molecule has 8 nitrogen and oxygen atoms in total. The van der Waals surface area contributed by atoms with Crippen LogP contribution in [0.25, 0.3) is 0 Å². The van der Waals surface area contributed by atoms with Gasteiger partial charge in [-0.3, -0.25) is 4.79 Å². The van der Waals surface area contributed by atoms with Crippen LogP contribution in [-0.4, -0.2) is 49.1 Å². The van der Waals surface area contributed by atoms with Gasteiger partial charge in [-0.05, 0) is 24.8 Å². The normalized spacial score (nSPS) is 16.3. The number of methoxy groups -OCH3 is 2. The van der Waals surface area contributed by atoms with Crippen molar-refractivity contribution in [1.82, 2.24) is 9.78 Å². The molecule has 1 atom stereocenters. The summed E-state index contributed by atoms with van der Waals surface area (Å²) in [4.78, 5) is 26.1. The lowest BCUT2D eigenvalue weighted by molar-refractivity contribution is -0.140. The first-order valence-electron chi connectivity index (χ1n) is 9.77. The van der Waals surface area contributed by atoms with E-state index in [1.165, 1.54) is 14.2 Å². The molecule has 2 heterocycles. The second kappa shape index (κ2) is 10.1. The summed E-state index contributed by atoms with van der Waals surface area (Å²) in [5.41, 5.74) is 1.87. The first kappa shape index (κ1) is 20.9. The Labute approximate surface area is 170 Å². The number of hydrogen-bond acceptors (Lipinski definition) is 7. The molecule has 2 aromatic rings. The van der Waals surface area contributed by atoms with E-state index in [9.17, 15) is 9.59 Å². The summed E-state index contributed by atoms with van der Waals surface area (Å²) >= 11 is 0. The number of aromatic nitrogens is 2. The first-order valence-corrected chi connectivity index (χ1v) is 9.77. The molecule has 0 radical (unpaired) electrons. The van der Waals surface area contributed by atoms with Gasteiger partial charge >= 0.3 is 11.9 Å². The van der Waals surface area contributed by atoms with Crippen molar-refractivity contribution in [2.24, 2.45) is 0 Å². The lowest BCUT2D eigenvalue weighted by Crippen LogP contribution is -2.27. The Morgan fingerprint density at radius 3 is 2.66 bits per heavy atom. The number of hydrogen-bond donors (Lipinski definition) is 0. The summed E-state index contributed by atoms with van der Waals surface area (Å²) in [6, 6.07) is 9.85. The monoisotopic (exact) mass is 401 g/mol. The van der Waals surface area contributed by atoms with Crippen molar-refractivity contribution in [2.45, 2.75) is 38.5 Å². The highest BCUT2D eigenvalue weighted by Gasteiger charge is 2.26. The van der Waals surface area contributed by atoms with E-state index in [0.29, 0.717) is 25.4 Å². The molecule has 0 aliphatic carbocycles. The predicted molar refractivity (Wildman–Crippen MR) is 107 cm³/mol. The molecule has 0 amide bonds. The fourth-order valence-electron chi connectivity index (χ4n) is 3.35. The van der Waals surface area contributed by atoms with E-state index in [4.69, 9.17) is 14.2 Å².